The highest BCUT2D eigenvalue weighted by atomic mass is 35.5. The Kier molecular flexibility index (Phi) is 7.29. The van der Waals surface area contributed by atoms with Crippen LogP contribution in [-0.4, -0.2) is 54.2 Å². The third-order valence-corrected chi connectivity index (χ3v) is 7.40. The molecule has 0 spiro atoms. The maximum atomic E-state index is 13.3. The summed E-state index contributed by atoms with van der Waals surface area (Å²) in [6.07, 6.45) is -3.14. The number of rotatable bonds is 6. The van der Waals surface area contributed by atoms with Gasteiger partial charge in [-0.3, -0.25) is 0 Å². The van der Waals surface area contributed by atoms with Crippen LogP contribution in [0.1, 0.15) is 28.3 Å². The van der Waals surface area contributed by atoms with Gasteiger partial charge in [-0.25, -0.2) is 9.78 Å². The van der Waals surface area contributed by atoms with Crippen LogP contribution in [0, 0.1) is 0 Å². The molecule has 2 aromatic heterocycles. The van der Waals surface area contributed by atoms with Crippen molar-refractivity contribution in [3.8, 4) is 11.1 Å². The van der Waals surface area contributed by atoms with E-state index in [4.69, 9.17) is 21.1 Å². The van der Waals surface area contributed by atoms with E-state index in [1.807, 2.05) is 42.5 Å². The quantitative estimate of drug-likeness (QED) is 0.136. The number of H-pyrrole nitrogens is 1. The standard InChI is InChI=1S/C30H25ClN4O6/c31-21-12-10-19(11-13-21)25(41-30(38)20-8-6-18(7-9-20)17-4-2-1-3-5-17)26-23(36)24(37)29(40-26)35-15-14-22-27(34-39)32-16-33-28(22)35/h1-16,23-26,29,36-37,39H,(H,32,33,34)/t23-,24+,25?,26-,29+/m0/s1. The van der Waals surface area contributed by atoms with Gasteiger partial charge < -0.3 is 34.4 Å². The van der Waals surface area contributed by atoms with Gasteiger partial charge in [0.1, 0.15) is 24.0 Å². The number of ether oxygens (including phenoxy) is 2. The molecule has 5 aromatic rings. The predicted molar refractivity (Wildman–Crippen MR) is 149 cm³/mol. The number of hydrogen-bond acceptors (Lipinski definition) is 8. The summed E-state index contributed by atoms with van der Waals surface area (Å²) in [4.78, 5) is 20.3. The fourth-order valence-corrected chi connectivity index (χ4v) is 5.18. The van der Waals surface area contributed by atoms with E-state index >= 15 is 0 Å². The summed E-state index contributed by atoms with van der Waals surface area (Å²) in [6, 6.07) is 25.1. The number of halogens is 1. The molecule has 1 unspecified atom stereocenters. The molecule has 0 aliphatic carbocycles. The Morgan fingerprint density at radius 2 is 1.68 bits per heavy atom. The normalized spacial score (nSPS) is 21.7. The second-order valence-electron chi connectivity index (χ2n) is 9.60. The summed E-state index contributed by atoms with van der Waals surface area (Å²) < 4.78 is 13.7. The average molecular weight is 573 g/mol. The Morgan fingerprint density at radius 1 is 0.976 bits per heavy atom. The van der Waals surface area contributed by atoms with Crippen molar-refractivity contribution in [3.63, 3.8) is 0 Å². The third kappa shape index (κ3) is 5.09. The minimum atomic E-state index is -1.42. The first kappa shape index (κ1) is 26.7. The summed E-state index contributed by atoms with van der Waals surface area (Å²) in [5.74, 6) is -0.627. The van der Waals surface area contributed by atoms with Gasteiger partial charge in [0.05, 0.1) is 17.3 Å². The van der Waals surface area contributed by atoms with E-state index in [0.29, 0.717) is 27.2 Å². The number of aromatic nitrogens is 3. The smallest absolute Gasteiger partial charge is 0.338 e. The van der Waals surface area contributed by atoms with Gasteiger partial charge in [-0.05, 0) is 47.0 Å². The number of aliphatic hydroxyl groups is 2. The average Bonchev–Trinajstić information content (AvgIpc) is 3.57. The van der Waals surface area contributed by atoms with Gasteiger partial charge in [-0.15, -0.1) is 0 Å². The molecule has 1 aliphatic rings. The molecular weight excluding hydrogens is 548 g/mol. The molecule has 0 amide bonds. The highest BCUT2D eigenvalue weighted by molar-refractivity contribution is 6.30. The first-order chi connectivity index (χ1) is 19.9. The van der Waals surface area contributed by atoms with Crippen LogP contribution < -0.4 is 5.49 Å². The third-order valence-electron chi connectivity index (χ3n) is 7.15. The van der Waals surface area contributed by atoms with Gasteiger partial charge in [-0.2, -0.15) is 0 Å². The lowest BCUT2D eigenvalue weighted by Crippen LogP contribution is -2.36. The number of carbonyl (C=O) groups excluding carboxylic acids is 1. The van der Waals surface area contributed by atoms with E-state index in [0.717, 1.165) is 11.1 Å². The lowest BCUT2D eigenvalue weighted by atomic mass is 9.98. The molecule has 10 nitrogen and oxygen atoms in total. The number of nitrogens with one attached hydrogen (secondary N) is 1. The molecule has 11 heteroatoms. The Bertz CT molecular complexity index is 1740. The molecule has 0 bridgehead atoms. The van der Waals surface area contributed by atoms with Gasteiger partial charge >= 0.3 is 5.97 Å². The summed E-state index contributed by atoms with van der Waals surface area (Å²) >= 11 is 6.10. The van der Waals surface area contributed by atoms with Crippen molar-refractivity contribution in [1.29, 1.82) is 0 Å². The zero-order valence-electron chi connectivity index (χ0n) is 21.4. The van der Waals surface area contributed by atoms with Crippen LogP contribution in [0.2, 0.25) is 5.02 Å². The first-order valence-corrected chi connectivity index (χ1v) is 13.2. The van der Waals surface area contributed by atoms with Crippen LogP contribution in [0.3, 0.4) is 0 Å². The van der Waals surface area contributed by atoms with Crippen LogP contribution in [0.5, 0.6) is 0 Å². The fourth-order valence-electron chi connectivity index (χ4n) is 5.05. The summed E-state index contributed by atoms with van der Waals surface area (Å²) in [5, 5.41) is 35.6. The Labute approximate surface area is 238 Å². The molecule has 1 saturated heterocycles. The number of fused-ring (bicyclic) bond motifs is 1. The number of hydrogen-bond donors (Lipinski definition) is 4. The fraction of sp³-hybridized carbons (Fsp3) is 0.167. The monoisotopic (exact) mass is 572 g/mol. The van der Waals surface area contributed by atoms with Crippen LogP contribution >= 0.6 is 11.6 Å². The summed E-state index contributed by atoms with van der Waals surface area (Å²) in [7, 11) is 0. The largest absolute Gasteiger partial charge is 0.451 e. The molecule has 5 atom stereocenters. The first-order valence-electron chi connectivity index (χ1n) is 12.8. The van der Waals surface area contributed by atoms with E-state index in [1.54, 1.807) is 53.2 Å². The van der Waals surface area contributed by atoms with Crippen molar-refractivity contribution in [2.24, 2.45) is 5.16 Å². The van der Waals surface area contributed by atoms with Crippen molar-refractivity contribution >= 4 is 28.6 Å². The van der Waals surface area contributed by atoms with E-state index in [9.17, 15) is 20.2 Å². The molecule has 0 saturated carbocycles. The highest BCUT2D eigenvalue weighted by Crippen LogP contribution is 2.39. The van der Waals surface area contributed by atoms with E-state index < -0.39 is 36.6 Å². The number of benzene rings is 3. The SMILES string of the molecule is O=C(OC(c1ccc(Cl)cc1)[C@H]1O[C@@H](n2ccc3c(=NO)nc[nH]c32)[C@H](O)[C@@H]1O)c1ccc(-c2ccccc2)cc1. The second kappa shape index (κ2) is 11.2. The molecule has 0 radical (unpaired) electrons. The molecule has 208 valence electrons. The molecule has 1 aliphatic heterocycles. The maximum Gasteiger partial charge on any atom is 0.338 e. The molecule has 3 heterocycles. The number of nitrogens with zero attached hydrogens (tertiary/aromatic N) is 3. The van der Waals surface area contributed by atoms with Crippen molar-refractivity contribution < 1.29 is 29.7 Å². The highest BCUT2D eigenvalue weighted by Gasteiger charge is 2.49. The van der Waals surface area contributed by atoms with Gasteiger partial charge in [0.15, 0.2) is 12.3 Å². The summed E-state index contributed by atoms with van der Waals surface area (Å²) in [6.45, 7) is 0. The molecule has 41 heavy (non-hydrogen) atoms. The van der Waals surface area contributed by atoms with Gasteiger partial charge in [-0.1, -0.05) is 71.4 Å². The van der Waals surface area contributed by atoms with E-state index in [1.165, 1.54) is 6.33 Å². The van der Waals surface area contributed by atoms with Gasteiger partial charge in [0.2, 0.25) is 5.49 Å². The number of aromatic amines is 1. The minimum Gasteiger partial charge on any atom is -0.451 e. The zero-order chi connectivity index (χ0) is 28.5. The van der Waals surface area contributed by atoms with Crippen LogP contribution in [0.15, 0.2) is 103 Å². The lowest BCUT2D eigenvalue weighted by Gasteiger charge is -2.26. The molecule has 6 rings (SSSR count). The zero-order valence-corrected chi connectivity index (χ0v) is 22.2. The molecule has 4 N–H and O–H groups in total. The van der Waals surface area contributed by atoms with E-state index in [2.05, 4.69) is 15.1 Å². The van der Waals surface area contributed by atoms with Gasteiger partial charge in [0, 0.05) is 11.2 Å². The predicted octanol–water partition coefficient (Wildman–Crippen LogP) is 4.19. The van der Waals surface area contributed by atoms with Crippen LogP contribution in [0.4, 0.5) is 0 Å². The number of esters is 1. The van der Waals surface area contributed by atoms with Crippen molar-refractivity contribution in [2.45, 2.75) is 30.6 Å². The van der Waals surface area contributed by atoms with Gasteiger partial charge in [0.25, 0.3) is 0 Å². The molecular formula is C30H25ClN4O6. The Balaban J connectivity index is 1.30. The lowest BCUT2D eigenvalue weighted by molar-refractivity contribution is -0.0916. The number of aliphatic hydroxyl groups excluding tert-OH is 2. The van der Waals surface area contributed by atoms with Crippen LogP contribution in [-0.2, 0) is 9.47 Å². The second-order valence-corrected chi connectivity index (χ2v) is 10.0. The Morgan fingerprint density at radius 3 is 2.39 bits per heavy atom. The Hall–Kier alpha value is -4.48. The van der Waals surface area contributed by atoms with Crippen molar-refractivity contribution in [3.05, 3.63) is 119 Å². The summed E-state index contributed by atoms with van der Waals surface area (Å²) in [5.41, 5.74) is 3.32. The number of carbonyl (C=O) groups is 1. The minimum absolute atomic E-state index is 0.0772. The molecule has 3 aromatic carbocycles. The van der Waals surface area contributed by atoms with Crippen molar-refractivity contribution in [1.82, 2.24) is 14.5 Å². The topological polar surface area (TPSA) is 142 Å². The van der Waals surface area contributed by atoms with E-state index in [-0.39, 0.29) is 5.49 Å². The molecule has 1 fully saturated rings. The van der Waals surface area contributed by atoms with Crippen molar-refractivity contribution in [2.75, 3.05) is 0 Å². The maximum absolute atomic E-state index is 13.3. The van der Waals surface area contributed by atoms with Crippen LogP contribution in [0.25, 0.3) is 22.2 Å².